The molecule has 8 heteroatoms. The van der Waals surface area contributed by atoms with Crippen LogP contribution in [0.4, 0.5) is 0 Å². The fourth-order valence-corrected chi connectivity index (χ4v) is 3.44. The van der Waals surface area contributed by atoms with Gasteiger partial charge in [-0.15, -0.1) is 0 Å². The van der Waals surface area contributed by atoms with E-state index in [9.17, 15) is 19.5 Å². The summed E-state index contributed by atoms with van der Waals surface area (Å²) in [6.45, 7) is 4.48. The molecule has 2 unspecified atom stereocenters. The summed E-state index contributed by atoms with van der Waals surface area (Å²) in [4.78, 5) is 35.7. The molecule has 0 fully saturated rings. The van der Waals surface area contributed by atoms with Gasteiger partial charge < -0.3 is 23.8 Å². The first kappa shape index (κ1) is 31.3. The largest absolute Gasteiger partial charge is 0.477 e. The fraction of sp³-hybridized carbons (Fsp3) is 0.880. The maximum absolute atomic E-state index is 12.2. The molecular weight excluding hydrogens is 426 g/mol. The van der Waals surface area contributed by atoms with Crippen LogP contribution in [0.5, 0.6) is 0 Å². The average molecular weight is 475 g/mol. The topological polar surface area (TPSA) is 99.1 Å². The molecule has 0 saturated heterocycles. The second-order valence-corrected chi connectivity index (χ2v) is 9.60. The van der Waals surface area contributed by atoms with Gasteiger partial charge in [-0.3, -0.25) is 9.59 Å². The lowest BCUT2D eigenvalue weighted by Crippen LogP contribution is -2.50. The zero-order valence-electron chi connectivity index (χ0n) is 21.6. The van der Waals surface area contributed by atoms with Gasteiger partial charge in [0, 0.05) is 19.3 Å². The van der Waals surface area contributed by atoms with Gasteiger partial charge in [-0.2, -0.15) is 0 Å². The molecule has 0 saturated carbocycles. The minimum Gasteiger partial charge on any atom is -0.477 e. The van der Waals surface area contributed by atoms with Crippen molar-refractivity contribution in [3.05, 3.63) is 0 Å². The monoisotopic (exact) mass is 474 g/mol. The second-order valence-electron chi connectivity index (χ2n) is 9.60. The molecule has 0 aliphatic rings. The Hall–Kier alpha value is -1.67. The number of esters is 2. The molecule has 33 heavy (non-hydrogen) atoms. The van der Waals surface area contributed by atoms with E-state index in [4.69, 9.17) is 14.2 Å². The van der Waals surface area contributed by atoms with Crippen molar-refractivity contribution in [2.24, 2.45) is 0 Å². The summed E-state index contributed by atoms with van der Waals surface area (Å²) in [5.41, 5.74) is 0. The van der Waals surface area contributed by atoms with E-state index in [0.717, 1.165) is 57.8 Å². The van der Waals surface area contributed by atoms with Crippen LogP contribution in [0.3, 0.4) is 0 Å². The molecule has 0 aromatic carbocycles. The van der Waals surface area contributed by atoms with Crippen LogP contribution in [0, 0.1) is 0 Å². The van der Waals surface area contributed by atoms with Gasteiger partial charge in [0.05, 0.1) is 34.4 Å². The minimum absolute atomic E-state index is 0.0497. The molecule has 0 aromatic rings. The number of ether oxygens (including phenoxy) is 3. The molecule has 0 bridgehead atoms. The number of carboxylic acids is 1. The molecule has 0 rings (SSSR count). The van der Waals surface area contributed by atoms with Crippen molar-refractivity contribution in [2.45, 2.75) is 103 Å². The van der Waals surface area contributed by atoms with E-state index >= 15 is 0 Å². The lowest BCUT2D eigenvalue weighted by Gasteiger charge is -2.31. The van der Waals surface area contributed by atoms with Gasteiger partial charge in [-0.25, -0.2) is 4.79 Å². The zero-order valence-corrected chi connectivity index (χ0v) is 21.6. The van der Waals surface area contributed by atoms with Gasteiger partial charge in [0.15, 0.2) is 12.1 Å². The van der Waals surface area contributed by atoms with Crippen molar-refractivity contribution in [2.75, 3.05) is 41.0 Å². The van der Waals surface area contributed by atoms with Gasteiger partial charge in [0.25, 0.3) is 0 Å². The maximum Gasteiger partial charge on any atom is 0.362 e. The van der Waals surface area contributed by atoms with Gasteiger partial charge in [-0.1, -0.05) is 58.8 Å². The first-order valence-electron chi connectivity index (χ1n) is 12.6. The highest BCUT2D eigenvalue weighted by molar-refractivity contribution is 5.72. The molecule has 8 nitrogen and oxygen atoms in total. The van der Waals surface area contributed by atoms with Crippen LogP contribution >= 0.6 is 0 Å². The van der Waals surface area contributed by atoms with Gasteiger partial charge in [0.2, 0.25) is 0 Å². The van der Waals surface area contributed by atoms with Crippen LogP contribution in [0.25, 0.3) is 0 Å². The zero-order chi connectivity index (χ0) is 25.1. The number of aliphatic carboxylic acids is 1. The molecule has 0 heterocycles. The number of rotatable bonds is 21. The first-order valence-corrected chi connectivity index (χ1v) is 12.6. The summed E-state index contributed by atoms with van der Waals surface area (Å²) in [6, 6.07) is -0.602. The van der Waals surface area contributed by atoms with Crippen LogP contribution in [0.2, 0.25) is 0 Å². The molecular formula is C25H48NO7+. The van der Waals surface area contributed by atoms with Crippen LogP contribution in [-0.2, 0) is 28.6 Å². The summed E-state index contributed by atoms with van der Waals surface area (Å²) < 4.78 is 16.7. The standard InChI is InChI=1S/C25H47NO7/c1-6-8-10-12-14-16-24(28)33-21(20-32-23(27)15-13-11-9-7-2)19-31-18-17-22(25(29)30)26(3,4)5/h21-22H,6-20H2,1-5H3/p+1. The van der Waals surface area contributed by atoms with Crippen molar-refractivity contribution in [3.63, 3.8) is 0 Å². The number of hydrogen-bond donors (Lipinski definition) is 1. The minimum atomic E-state index is -0.880. The van der Waals surface area contributed by atoms with Crippen molar-refractivity contribution >= 4 is 17.9 Å². The summed E-state index contributed by atoms with van der Waals surface area (Å²) in [6.07, 6.45) is 9.42. The molecule has 1 N–H and O–H groups in total. The molecule has 194 valence electrons. The number of carbonyl (C=O) groups is 3. The van der Waals surface area contributed by atoms with E-state index < -0.39 is 18.1 Å². The highest BCUT2D eigenvalue weighted by atomic mass is 16.6. The third kappa shape index (κ3) is 17.5. The van der Waals surface area contributed by atoms with Crippen molar-refractivity contribution in [3.8, 4) is 0 Å². The van der Waals surface area contributed by atoms with Crippen LogP contribution in [0.1, 0.15) is 90.9 Å². The van der Waals surface area contributed by atoms with Crippen LogP contribution < -0.4 is 0 Å². The summed E-state index contributed by atoms with van der Waals surface area (Å²) in [7, 11) is 5.47. The Morgan fingerprint density at radius 2 is 1.33 bits per heavy atom. The van der Waals surface area contributed by atoms with E-state index in [-0.39, 0.29) is 36.2 Å². The van der Waals surface area contributed by atoms with Crippen molar-refractivity contribution in [1.82, 2.24) is 0 Å². The van der Waals surface area contributed by atoms with Crippen molar-refractivity contribution in [1.29, 1.82) is 0 Å². The highest BCUT2D eigenvalue weighted by Crippen LogP contribution is 2.11. The van der Waals surface area contributed by atoms with Crippen LogP contribution in [0.15, 0.2) is 0 Å². The van der Waals surface area contributed by atoms with Gasteiger partial charge in [0.1, 0.15) is 6.61 Å². The normalized spacial score (nSPS) is 13.4. The summed E-state index contributed by atoms with van der Waals surface area (Å²) in [5, 5.41) is 9.42. The maximum atomic E-state index is 12.2. The lowest BCUT2D eigenvalue weighted by molar-refractivity contribution is -0.887. The molecule has 0 aliphatic carbocycles. The Bertz CT molecular complexity index is 545. The molecule has 0 aromatic heterocycles. The Kier molecular flexibility index (Phi) is 17.8. The predicted octanol–water partition coefficient (Wildman–Crippen LogP) is 4.34. The van der Waals surface area contributed by atoms with E-state index in [1.54, 1.807) is 0 Å². The van der Waals surface area contributed by atoms with Gasteiger partial charge in [-0.05, 0) is 12.8 Å². The summed E-state index contributed by atoms with van der Waals surface area (Å²) in [5.74, 6) is -1.51. The third-order valence-corrected chi connectivity index (χ3v) is 5.51. The van der Waals surface area contributed by atoms with E-state index in [0.29, 0.717) is 19.3 Å². The molecule has 2 atom stereocenters. The Balaban J connectivity index is 4.58. The van der Waals surface area contributed by atoms with E-state index in [2.05, 4.69) is 13.8 Å². The number of quaternary nitrogens is 1. The molecule has 0 spiro atoms. The van der Waals surface area contributed by atoms with Crippen molar-refractivity contribution < 1.29 is 38.2 Å². The molecule has 0 radical (unpaired) electrons. The average Bonchev–Trinajstić information content (AvgIpc) is 2.73. The molecule has 0 amide bonds. The number of hydrogen-bond acceptors (Lipinski definition) is 6. The van der Waals surface area contributed by atoms with Crippen LogP contribution in [-0.4, -0.2) is 80.6 Å². The Morgan fingerprint density at radius 3 is 1.88 bits per heavy atom. The molecule has 0 aliphatic heterocycles. The Labute approximate surface area is 200 Å². The highest BCUT2D eigenvalue weighted by Gasteiger charge is 2.31. The number of carboxylic acid groups (broad SMARTS) is 1. The summed E-state index contributed by atoms with van der Waals surface area (Å²) >= 11 is 0. The third-order valence-electron chi connectivity index (χ3n) is 5.51. The lowest BCUT2D eigenvalue weighted by atomic mass is 10.1. The van der Waals surface area contributed by atoms with Gasteiger partial charge >= 0.3 is 17.9 Å². The second kappa shape index (κ2) is 18.7. The number of nitrogens with zero attached hydrogens (tertiary/aromatic N) is 1. The fourth-order valence-electron chi connectivity index (χ4n) is 3.44. The number of likely N-dealkylation sites (N-methyl/N-ethyl adjacent to an activating group) is 1. The predicted molar refractivity (Wildman–Crippen MR) is 128 cm³/mol. The number of unbranched alkanes of at least 4 members (excludes halogenated alkanes) is 7. The van der Waals surface area contributed by atoms with E-state index in [1.807, 2.05) is 21.1 Å². The SMILES string of the molecule is CCCCCCCC(=O)OC(COCCC(C(=O)O)[N+](C)(C)C)COC(=O)CCCCCC. The quantitative estimate of drug-likeness (QED) is 0.150. The first-order chi connectivity index (χ1) is 15.6. The van der Waals surface area contributed by atoms with E-state index in [1.165, 1.54) is 0 Å². The number of carbonyl (C=O) groups excluding carboxylic acids is 2. The smallest absolute Gasteiger partial charge is 0.362 e. The Morgan fingerprint density at radius 1 is 0.788 bits per heavy atom.